The molecule has 1 heterocycles. The highest BCUT2D eigenvalue weighted by atomic mass is 32.2. The molecule has 136 valence electrons. The molecule has 0 aliphatic rings. The van der Waals surface area contributed by atoms with Crippen LogP contribution >= 0.6 is 0 Å². The topological polar surface area (TPSA) is 69.4 Å². The summed E-state index contributed by atoms with van der Waals surface area (Å²) < 4.78 is 35.4. The quantitative estimate of drug-likeness (QED) is 0.470. The van der Waals surface area contributed by atoms with Crippen molar-refractivity contribution < 1.29 is 17.0 Å². The lowest BCUT2D eigenvalue weighted by Crippen LogP contribution is -2.06. The zero-order valence-electron chi connectivity index (χ0n) is 14.6. The molecule has 6 heteroatoms. The summed E-state index contributed by atoms with van der Waals surface area (Å²) in [7, 11) is -3.79. The van der Waals surface area contributed by atoms with E-state index in [1.54, 1.807) is 36.4 Å². The van der Waals surface area contributed by atoms with Crippen molar-refractivity contribution in [3.63, 3.8) is 0 Å². The van der Waals surface area contributed by atoms with E-state index in [1.807, 2.05) is 43.3 Å². The van der Waals surface area contributed by atoms with E-state index in [1.165, 1.54) is 0 Å². The van der Waals surface area contributed by atoms with Gasteiger partial charge in [-0.1, -0.05) is 42.0 Å². The van der Waals surface area contributed by atoms with Crippen molar-refractivity contribution in [3.8, 4) is 11.5 Å². The molecule has 0 atom stereocenters. The first kappa shape index (κ1) is 17.5. The SMILES string of the molecule is Cc1ccc(S(=O)(=O)OCc2ccc(-c3nc4ccccc4o3)cc2)cc1. The maximum atomic E-state index is 12.3. The van der Waals surface area contributed by atoms with Gasteiger partial charge in [0.05, 0.1) is 11.5 Å². The molecular weight excluding hydrogens is 362 g/mol. The smallest absolute Gasteiger partial charge is 0.297 e. The summed E-state index contributed by atoms with van der Waals surface area (Å²) >= 11 is 0. The maximum absolute atomic E-state index is 12.3. The Hall–Kier alpha value is -2.96. The molecule has 0 saturated carbocycles. The fourth-order valence-electron chi connectivity index (χ4n) is 2.66. The van der Waals surface area contributed by atoms with Crippen LogP contribution in [-0.4, -0.2) is 13.4 Å². The standard InChI is InChI=1S/C21H17NO4S/c1-15-6-12-18(13-7-15)27(23,24)25-14-16-8-10-17(11-9-16)21-22-19-4-2-3-5-20(19)26-21/h2-13H,14H2,1H3. The van der Waals surface area contributed by atoms with E-state index in [0.717, 1.165) is 27.8 Å². The molecular formula is C21H17NO4S. The first-order valence-electron chi connectivity index (χ1n) is 8.42. The number of rotatable bonds is 5. The monoisotopic (exact) mass is 379 g/mol. The summed E-state index contributed by atoms with van der Waals surface area (Å²) in [4.78, 5) is 4.60. The van der Waals surface area contributed by atoms with E-state index >= 15 is 0 Å². The lowest BCUT2D eigenvalue weighted by molar-refractivity contribution is 0.308. The van der Waals surface area contributed by atoms with Crippen LogP contribution in [0.15, 0.2) is 82.1 Å². The second kappa shape index (κ2) is 6.98. The fourth-order valence-corrected chi connectivity index (χ4v) is 3.55. The number of benzene rings is 3. The minimum absolute atomic E-state index is 0.0377. The first-order chi connectivity index (χ1) is 13.0. The Morgan fingerprint density at radius 2 is 1.63 bits per heavy atom. The third-order valence-electron chi connectivity index (χ3n) is 4.19. The van der Waals surface area contributed by atoms with Crippen molar-refractivity contribution in [2.45, 2.75) is 18.4 Å². The van der Waals surface area contributed by atoms with Gasteiger partial charge in [-0.05, 0) is 48.9 Å². The Labute approximate surface area is 157 Å². The fraction of sp³-hybridized carbons (Fsp3) is 0.0952. The van der Waals surface area contributed by atoms with Crippen LogP contribution in [0.5, 0.6) is 0 Å². The number of nitrogens with zero attached hydrogens (tertiary/aromatic N) is 1. The molecule has 0 N–H and O–H groups in total. The van der Waals surface area contributed by atoms with E-state index in [-0.39, 0.29) is 11.5 Å². The number of hydrogen-bond donors (Lipinski definition) is 0. The molecule has 3 aromatic carbocycles. The van der Waals surface area contributed by atoms with Crippen LogP contribution in [0.2, 0.25) is 0 Å². The van der Waals surface area contributed by atoms with E-state index < -0.39 is 10.1 Å². The van der Waals surface area contributed by atoms with Gasteiger partial charge in [-0.15, -0.1) is 0 Å². The average molecular weight is 379 g/mol. The Kier molecular flexibility index (Phi) is 4.51. The normalized spacial score (nSPS) is 11.7. The molecule has 27 heavy (non-hydrogen) atoms. The van der Waals surface area contributed by atoms with Gasteiger partial charge in [-0.25, -0.2) is 4.98 Å². The number of para-hydroxylation sites is 2. The van der Waals surface area contributed by atoms with Crippen molar-refractivity contribution in [2.24, 2.45) is 0 Å². The zero-order valence-corrected chi connectivity index (χ0v) is 15.4. The Bertz CT molecular complexity index is 1140. The van der Waals surface area contributed by atoms with Crippen LogP contribution < -0.4 is 0 Å². The minimum Gasteiger partial charge on any atom is -0.436 e. The average Bonchev–Trinajstić information content (AvgIpc) is 3.11. The second-order valence-corrected chi connectivity index (χ2v) is 7.83. The van der Waals surface area contributed by atoms with Gasteiger partial charge < -0.3 is 4.42 Å². The van der Waals surface area contributed by atoms with Crippen molar-refractivity contribution in [3.05, 3.63) is 83.9 Å². The van der Waals surface area contributed by atoms with Crippen LogP contribution in [-0.2, 0) is 20.9 Å². The largest absolute Gasteiger partial charge is 0.436 e. The predicted octanol–water partition coefficient (Wildman–Crippen LogP) is 4.71. The van der Waals surface area contributed by atoms with Crippen LogP contribution in [0.1, 0.15) is 11.1 Å². The molecule has 0 aliphatic heterocycles. The zero-order chi connectivity index (χ0) is 18.9. The molecule has 0 unspecified atom stereocenters. The summed E-state index contributed by atoms with van der Waals surface area (Å²) in [6.07, 6.45) is 0. The highest BCUT2D eigenvalue weighted by molar-refractivity contribution is 7.86. The van der Waals surface area contributed by atoms with Crippen molar-refractivity contribution in [1.82, 2.24) is 4.98 Å². The Balaban J connectivity index is 1.48. The molecule has 0 amide bonds. The molecule has 0 spiro atoms. The number of aromatic nitrogens is 1. The molecule has 5 nitrogen and oxygen atoms in total. The van der Waals surface area contributed by atoms with E-state index in [4.69, 9.17) is 8.60 Å². The number of aryl methyl sites for hydroxylation is 1. The third kappa shape index (κ3) is 3.77. The van der Waals surface area contributed by atoms with Crippen LogP contribution in [0.25, 0.3) is 22.6 Å². The summed E-state index contributed by atoms with van der Waals surface area (Å²) in [6.45, 7) is 1.86. The summed E-state index contributed by atoms with van der Waals surface area (Å²) in [5, 5.41) is 0. The summed E-state index contributed by atoms with van der Waals surface area (Å²) in [5.41, 5.74) is 4.07. The van der Waals surface area contributed by atoms with Gasteiger partial charge in [0.15, 0.2) is 5.58 Å². The molecule has 1 aromatic heterocycles. The lowest BCUT2D eigenvalue weighted by Gasteiger charge is -2.06. The summed E-state index contributed by atoms with van der Waals surface area (Å²) in [6, 6.07) is 21.4. The highest BCUT2D eigenvalue weighted by Crippen LogP contribution is 2.24. The van der Waals surface area contributed by atoms with Crippen LogP contribution in [0.4, 0.5) is 0 Å². The molecule has 0 saturated heterocycles. The molecule has 0 bridgehead atoms. The van der Waals surface area contributed by atoms with E-state index in [2.05, 4.69) is 4.98 Å². The molecule has 0 fully saturated rings. The van der Waals surface area contributed by atoms with Gasteiger partial charge in [0.1, 0.15) is 5.52 Å². The Morgan fingerprint density at radius 3 is 2.33 bits per heavy atom. The molecule has 0 radical (unpaired) electrons. The molecule has 4 aromatic rings. The van der Waals surface area contributed by atoms with Crippen LogP contribution in [0, 0.1) is 6.92 Å². The minimum atomic E-state index is -3.79. The van der Waals surface area contributed by atoms with Gasteiger partial charge in [-0.2, -0.15) is 8.42 Å². The van der Waals surface area contributed by atoms with Gasteiger partial charge in [-0.3, -0.25) is 4.18 Å². The van der Waals surface area contributed by atoms with Crippen molar-refractivity contribution in [1.29, 1.82) is 0 Å². The van der Waals surface area contributed by atoms with Crippen molar-refractivity contribution in [2.75, 3.05) is 0 Å². The second-order valence-electron chi connectivity index (χ2n) is 6.21. The van der Waals surface area contributed by atoms with E-state index in [0.29, 0.717) is 5.89 Å². The van der Waals surface area contributed by atoms with Crippen LogP contribution in [0.3, 0.4) is 0 Å². The van der Waals surface area contributed by atoms with Gasteiger partial charge in [0.2, 0.25) is 5.89 Å². The van der Waals surface area contributed by atoms with Gasteiger partial charge >= 0.3 is 0 Å². The third-order valence-corrected chi connectivity index (χ3v) is 5.46. The highest BCUT2D eigenvalue weighted by Gasteiger charge is 2.15. The van der Waals surface area contributed by atoms with Gasteiger partial charge in [0.25, 0.3) is 10.1 Å². The van der Waals surface area contributed by atoms with Gasteiger partial charge in [0, 0.05) is 5.56 Å². The van der Waals surface area contributed by atoms with Crippen molar-refractivity contribution >= 4 is 21.2 Å². The number of oxazole rings is 1. The molecule has 0 aliphatic carbocycles. The number of fused-ring (bicyclic) bond motifs is 1. The molecule has 4 rings (SSSR count). The summed E-state index contributed by atoms with van der Waals surface area (Å²) in [5.74, 6) is 0.524. The Morgan fingerprint density at radius 1 is 0.926 bits per heavy atom. The maximum Gasteiger partial charge on any atom is 0.297 e. The predicted molar refractivity (Wildman–Crippen MR) is 103 cm³/mol. The van der Waals surface area contributed by atoms with E-state index in [9.17, 15) is 8.42 Å². The lowest BCUT2D eigenvalue weighted by atomic mass is 10.1. The number of hydrogen-bond acceptors (Lipinski definition) is 5. The first-order valence-corrected chi connectivity index (χ1v) is 9.83.